The number of nitrogens with zero attached hydrogens (tertiary/aromatic N) is 6. The Morgan fingerprint density at radius 1 is 0.941 bits per heavy atom. The van der Waals surface area contributed by atoms with Crippen LogP contribution in [0.5, 0.6) is 0 Å². The van der Waals surface area contributed by atoms with E-state index in [1.54, 1.807) is 11.3 Å². The Morgan fingerprint density at radius 3 is 2.50 bits per heavy atom. The van der Waals surface area contributed by atoms with Crippen molar-refractivity contribution < 1.29 is 4.79 Å². The second kappa shape index (κ2) is 11.6. The van der Waals surface area contributed by atoms with Gasteiger partial charge < -0.3 is 15.1 Å². The van der Waals surface area contributed by atoms with Crippen LogP contribution < -0.4 is 10.2 Å². The molecule has 1 N–H and O–H groups in total. The first-order valence-electron chi connectivity index (χ1n) is 13.2. The molecule has 0 unspecified atom stereocenters. The predicted molar refractivity (Wildman–Crippen MR) is 137 cm³/mol. The second-order valence-corrected chi connectivity index (χ2v) is 11.0. The van der Waals surface area contributed by atoms with Crippen molar-refractivity contribution in [2.75, 3.05) is 57.3 Å². The van der Waals surface area contributed by atoms with E-state index < -0.39 is 0 Å². The lowest BCUT2D eigenvalue weighted by Crippen LogP contribution is -2.51. The number of hydrogen-bond donors (Lipinski definition) is 1. The van der Waals surface area contributed by atoms with Gasteiger partial charge in [-0.05, 0) is 50.8 Å². The lowest BCUT2D eigenvalue weighted by molar-refractivity contribution is -0.125. The van der Waals surface area contributed by atoms with Crippen LogP contribution in [0, 0.1) is 5.92 Å². The van der Waals surface area contributed by atoms with Crippen LogP contribution in [0.3, 0.4) is 0 Å². The molecule has 5 rings (SSSR count). The summed E-state index contributed by atoms with van der Waals surface area (Å²) >= 11 is 1.58. The van der Waals surface area contributed by atoms with Crippen LogP contribution >= 0.6 is 11.3 Å². The van der Waals surface area contributed by atoms with Crippen molar-refractivity contribution in [2.24, 2.45) is 5.92 Å². The van der Waals surface area contributed by atoms with E-state index >= 15 is 0 Å². The topological polar surface area (TPSA) is 69.5 Å². The van der Waals surface area contributed by atoms with E-state index in [0.29, 0.717) is 0 Å². The van der Waals surface area contributed by atoms with Gasteiger partial charge in [-0.3, -0.25) is 14.3 Å². The average molecular weight is 486 g/mol. The summed E-state index contributed by atoms with van der Waals surface area (Å²) in [5.41, 5.74) is 0. The molecule has 2 aliphatic heterocycles. The van der Waals surface area contributed by atoms with Crippen LogP contribution in [0.25, 0.3) is 5.13 Å². The van der Waals surface area contributed by atoms with Gasteiger partial charge in [-0.15, -0.1) is 10.2 Å². The molecular weight excluding hydrogens is 446 g/mol. The number of piperidine rings is 1. The maximum absolute atomic E-state index is 12.8. The van der Waals surface area contributed by atoms with Crippen molar-refractivity contribution in [2.45, 2.75) is 57.4 Å². The largest absolute Gasteiger partial charge is 0.356 e. The molecule has 1 saturated carbocycles. The zero-order valence-electron chi connectivity index (χ0n) is 20.3. The minimum absolute atomic E-state index is 0.0340. The SMILES string of the molecule is O=C(NCCCN1CCN(C2CCCCC2)CC1)[C@H]1CCCN(c2nnc(-n3cccc3)s2)C1. The van der Waals surface area contributed by atoms with Crippen LogP contribution in [0.15, 0.2) is 24.5 Å². The Balaban J connectivity index is 1.00. The standard InChI is InChI=1S/C25H39N7OS/c33-23(26-11-7-12-29-16-18-30(19-17-29)22-9-2-1-3-10-22)21-8-6-15-32(20-21)25-28-27-24(34-25)31-13-4-5-14-31/h4-5,13-14,21-22H,1-3,6-12,15-20H2,(H,26,33)/t21-/m0/s1. The van der Waals surface area contributed by atoms with Crippen LogP contribution in [0.1, 0.15) is 51.4 Å². The van der Waals surface area contributed by atoms with E-state index in [1.165, 1.54) is 58.3 Å². The molecule has 2 aromatic rings. The minimum Gasteiger partial charge on any atom is -0.356 e. The third kappa shape index (κ3) is 5.98. The van der Waals surface area contributed by atoms with E-state index in [2.05, 4.69) is 30.2 Å². The van der Waals surface area contributed by atoms with E-state index in [0.717, 1.165) is 61.7 Å². The number of nitrogens with one attached hydrogen (secondary N) is 1. The molecule has 1 amide bonds. The zero-order chi connectivity index (χ0) is 23.2. The van der Waals surface area contributed by atoms with Crippen LogP contribution in [0.4, 0.5) is 5.13 Å². The van der Waals surface area contributed by atoms with E-state index in [1.807, 2.05) is 29.1 Å². The average Bonchev–Trinajstić information content (AvgIpc) is 3.60. The number of aromatic nitrogens is 3. The van der Waals surface area contributed by atoms with Crippen molar-refractivity contribution in [3.63, 3.8) is 0 Å². The lowest BCUT2D eigenvalue weighted by atomic mass is 9.94. The number of anilines is 1. The number of rotatable bonds is 8. The molecule has 0 bridgehead atoms. The Morgan fingerprint density at radius 2 is 1.71 bits per heavy atom. The molecule has 0 radical (unpaired) electrons. The highest BCUT2D eigenvalue weighted by atomic mass is 32.1. The van der Waals surface area contributed by atoms with Gasteiger partial charge in [0.25, 0.3) is 0 Å². The Bertz CT molecular complexity index is 887. The maximum atomic E-state index is 12.8. The number of hydrogen-bond acceptors (Lipinski definition) is 7. The van der Waals surface area contributed by atoms with E-state index in [4.69, 9.17) is 0 Å². The first-order valence-corrected chi connectivity index (χ1v) is 14.0. The highest BCUT2D eigenvalue weighted by Crippen LogP contribution is 2.28. The smallest absolute Gasteiger partial charge is 0.224 e. The first kappa shape index (κ1) is 23.8. The van der Waals surface area contributed by atoms with Gasteiger partial charge >= 0.3 is 0 Å². The molecule has 1 aliphatic carbocycles. The third-order valence-corrected chi connectivity index (χ3v) is 8.74. The molecule has 1 atom stereocenters. The monoisotopic (exact) mass is 485 g/mol. The molecule has 0 aromatic carbocycles. The van der Waals surface area contributed by atoms with Crippen molar-refractivity contribution >= 4 is 22.4 Å². The molecule has 0 spiro atoms. The van der Waals surface area contributed by atoms with Gasteiger partial charge in [0, 0.05) is 64.2 Å². The van der Waals surface area contributed by atoms with Crippen molar-refractivity contribution in [1.82, 2.24) is 29.9 Å². The highest BCUT2D eigenvalue weighted by molar-refractivity contribution is 7.17. The summed E-state index contributed by atoms with van der Waals surface area (Å²) in [4.78, 5) is 20.4. The minimum atomic E-state index is 0.0340. The van der Waals surface area contributed by atoms with Gasteiger partial charge in [0.1, 0.15) is 0 Å². The van der Waals surface area contributed by atoms with Gasteiger partial charge in [-0.2, -0.15) is 0 Å². The molecular formula is C25H39N7OS. The number of carbonyl (C=O) groups excluding carboxylic acids is 1. The van der Waals surface area contributed by atoms with Crippen molar-refractivity contribution in [3.8, 4) is 5.13 Å². The molecule has 2 aromatic heterocycles. The van der Waals surface area contributed by atoms with E-state index in [-0.39, 0.29) is 11.8 Å². The summed E-state index contributed by atoms with van der Waals surface area (Å²) in [6.45, 7) is 8.31. The van der Waals surface area contributed by atoms with Gasteiger partial charge in [-0.25, -0.2) is 0 Å². The Hall–Kier alpha value is -1.97. The van der Waals surface area contributed by atoms with E-state index in [9.17, 15) is 4.79 Å². The molecule has 34 heavy (non-hydrogen) atoms. The summed E-state index contributed by atoms with van der Waals surface area (Å²) in [6.07, 6.45) is 14.0. The number of amides is 1. The lowest BCUT2D eigenvalue weighted by Gasteiger charge is -2.40. The van der Waals surface area contributed by atoms with Gasteiger partial charge in [0.15, 0.2) is 0 Å². The number of piperazine rings is 1. The summed E-state index contributed by atoms with van der Waals surface area (Å²) in [5.74, 6) is 0.230. The second-order valence-electron chi connectivity index (χ2n) is 10.1. The molecule has 8 nitrogen and oxygen atoms in total. The summed E-state index contributed by atoms with van der Waals surface area (Å²) in [6, 6.07) is 4.81. The fraction of sp³-hybridized carbons (Fsp3) is 0.720. The molecule has 3 fully saturated rings. The van der Waals surface area contributed by atoms with Crippen molar-refractivity contribution in [3.05, 3.63) is 24.5 Å². The third-order valence-electron chi connectivity index (χ3n) is 7.74. The molecule has 4 heterocycles. The summed E-state index contributed by atoms with van der Waals surface area (Å²) < 4.78 is 1.98. The van der Waals surface area contributed by atoms with Crippen LogP contribution in [0.2, 0.25) is 0 Å². The molecule has 9 heteroatoms. The molecule has 186 valence electrons. The predicted octanol–water partition coefficient (Wildman–Crippen LogP) is 3.00. The summed E-state index contributed by atoms with van der Waals surface area (Å²) in [7, 11) is 0. The Labute approximate surface area is 207 Å². The van der Waals surface area contributed by atoms with Crippen LogP contribution in [-0.2, 0) is 4.79 Å². The first-order chi connectivity index (χ1) is 16.8. The zero-order valence-corrected chi connectivity index (χ0v) is 21.1. The summed E-state index contributed by atoms with van der Waals surface area (Å²) in [5, 5.41) is 13.7. The number of carbonyl (C=O) groups is 1. The fourth-order valence-electron chi connectivity index (χ4n) is 5.72. The quantitative estimate of drug-likeness (QED) is 0.580. The highest BCUT2D eigenvalue weighted by Gasteiger charge is 2.28. The fourth-order valence-corrected chi connectivity index (χ4v) is 6.57. The van der Waals surface area contributed by atoms with Gasteiger partial charge in [0.05, 0.1) is 5.92 Å². The van der Waals surface area contributed by atoms with Gasteiger partial charge in [0.2, 0.25) is 16.2 Å². The molecule has 3 aliphatic rings. The molecule has 2 saturated heterocycles. The normalized spacial score (nSPS) is 23.3. The van der Waals surface area contributed by atoms with Crippen LogP contribution in [-0.4, -0.2) is 88.9 Å². The van der Waals surface area contributed by atoms with Gasteiger partial charge in [-0.1, -0.05) is 30.6 Å². The van der Waals surface area contributed by atoms with Crippen molar-refractivity contribution in [1.29, 1.82) is 0 Å². The Kier molecular flexibility index (Phi) is 8.13. The maximum Gasteiger partial charge on any atom is 0.224 e.